The predicted octanol–water partition coefficient (Wildman–Crippen LogP) is 4.27. The minimum absolute atomic E-state index is 0.261. The summed E-state index contributed by atoms with van der Waals surface area (Å²) in [6.45, 7) is 3.01. The van der Waals surface area contributed by atoms with Crippen molar-refractivity contribution < 1.29 is 9.59 Å². The van der Waals surface area contributed by atoms with Crippen molar-refractivity contribution in [1.29, 1.82) is 0 Å². The number of likely N-dealkylation sites (tertiary alicyclic amines) is 1. The number of rotatable bonds is 9. The maximum absolute atomic E-state index is 12.9. The van der Waals surface area contributed by atoms with Crippen LogP contribution in [-0.4, -0.2) is 52.8 Å². The highest BCUT2D eigenvalue weighted by molar-refractivity contribution is 7.98. The van der Waals surface area contributed by atoms with Crippen molar-refractivity contribution in [1.82, 2.24) is 15.2 Å². The molecule has 2 N–H and O–H groups in total. The first-order chi connectivity index (χ1) is 14.6. The second-order valence-corrected chi connectivity index (χ2v) is 9.51. The summed E-state index contributed by atoms with van der Waals surface area (Å²) in [4.78, 5) is 32.4. The fraction of sp³-hybridized carbons (Fsp3) is 0.476. The second-order valence-electron chi connectivity index (χ2n) is 7.26. The van der Waals surface area contributed by atoms with Gasteiger partial charge in [0.2, 0.25) is 5.91 Å². The Morgan fingerprint density at radius 2 is 2.03 bits per heavy atom. The van der Waals surface area contributed by atoms with Crippen LogP contribution in [0.1, 0.15) is 41.7 Å². The van der Waals surface area contributed by atoms with E-state index in [9.17, 15) is 9.59 Å². The highest BCUT2D eigenvalue weighted by Crippen LogP contribution is 2.20. The molecule has 1 aliphatic heterocycles. The lowest BCUT2D eigenvalue weighted by atomic mass is 10.1. The largest absolute Gasteiger partial charge is 0.340 e. The Balaban J connectivity index is 1.61. The number of thiazole rings is 1. The average Bonchev–Trinajstić information content (AvgIpc) is 3.18. The van der Waals surface area contributed by atoms with E-state index in [1.807, 2.05) is 11.6 Å². The number of carbonyl (C=O) groups excluding carboxylic acids is 2. The molecule has 30 heavy (non-hydrogen) atoms. The summed E-state index contributed by atoms with van der Waals surface area (Å²) in [5.41, 5.74) is 1.33. The van der Waals surface area contributed by atoms with Crippen LogP contribution in [-0.2, 0) is 11.3 Å². The first-order valence-corrected chi connectivity index (χ1v) is 12.7. The third-order valence-corrected chi connectivity index (χ3v) is 6.75. The Hall–Kier alpha value is -1.61. The number of piperidine rings is 1. The summed E-state index contributed by atoms with van der Waals surface area (Å²) in [5.74, 6) is 0.133. The van der Waals surface area contributed by atoms with E-state index in [2.05, 4.69) is 20.5 Å². The van der Waals surface area contributed by atoms with Crippen molar-refractivity contribution in [3.63, 3.8) is 0 Å². The molecule has 2 aromatic rings. The topological polar surface area (TPSA) is 74.3 Å². The number of halogens is 1. The van der Waals surface area contributed by atoms with Gasteiger partial charge in [0, 0.05) is 11.9 Å². The Bertz CT molecular complexity index is 855. The maximum atomic E-state index is 12.9. The van der Waals surface area contributed by atoms with E-state index in [0.29, 0.717) is 22.1 Å². The fourth-order valence-electron chi connectivity index (χ4n) is 3.36. The molecule has 0 bridgehead atoms. The van der Waals surface area contributed by atoms with Gasteiger partial charge < -0.3 is 10.6 Å². The van der Waals surface area contributed by atoms with E-state index >= 15 is 0 Å². The summed E-state index contributed by atoms with van der Waals surface area (Å²) in [5, 5.41) is 8.61. The first-order valence-electron chi connectivity index (χ1n) is 10.1. The van der Waals surface area contributed by atoms with Crippen LogP contribution in [0.15, 0.2) is 29.6 Å². The molecule has 0 aliphatic carbocycles. The van der Waals surface area contributed by atoms with Gasteiger partial charge in [-0.25, -0.2) is 4.98 Å². The van der Waals surface area contributed by atoms with Gasteiger partial charge in [0.15, 0.2) is 5.13 Å². The number of carbonyl (C=O) groups is 2. The van der Waals surface area contributed by atoms with Crippen molar-refractivity contribution in [3.8, 4) is 0 Å². The van der Waals surface area contributed by atoms with Crippen molar-refractivity contribution in [2.24, 2.45) is 0 Å². The smallest absolute Gasteiger partial charge is 0.253 e. The summed E-state index contributed by atoms with van der Waals surface area (Å²) in [6, 6.07) is 6.16. The van der Waals surface area contributed by atoms with E-state index in [0.717, 1.165) is 31.1 Å². The minimum Gasteiger partial charge on any atom is -0.340 e. The fourth-order valence-corrected chi connectivity index (χ4v) is 4.76. The van der Waals surface area contributed by atoms with Crippen LogP contribution < -0.4 is 10.6 Å². The molecule has 2 heterocycles. The third kappa shape index (κ3) is 6.70. The third-order valence-electron chi connectivity index (χ3n) is 4.97. The Labute approximate surface area is 190 Å². The molecule has 6 nitrogen and oxygen atoms in total. The zero-order valence-corrected chi connectivity index (χ0v) is 19.4. The molecule has 1 unspecified atom stereocenters. The molecule has 2 amide bonds. The Morgan fingerprint density at radius 3 is 2.77 bits per heavy atom. The molecule has 1 aliphatic rings. The highest BCUT2D eigenvalue weighted by Gasteiger charge is 2.23. The Morgan fingerprint density at radius 1 is 1.27 bits per heavy atom. The number of anilines is 1. The zero-order valence-electron chi connectivity index (χ0n) is 17.0. The van der Waals surface area contributed by atoms with E-state index in [1.165, 1.54) is 30.6 Å². The van der Waals surface area contributed by atoms with Gasteiger partial charge in [0.05, 0.1) is 16.3 Å². The molecule has 0 saturated carbocycles. The van der Waals surface area contributed by atoms with Gasteiger partial charge in [-0.2, -0.15) is 11.8 Å². The van der Waals surface area contributed by atoms with E-state index in [-0.39, 0.29) is 11.8 Å². The molecule has 1 fully saturated rings. The van der Waals surface area contributed by atoms with Gasteiger partial charge in [0.1, 0.15) is 6.04 Å². The molecule has 1 atom stereocenters. The molecule has 3 rings (SSSR count). The van der Waals surface area contributed by atoms with Crippen LogP contribution in [0, 0.1) is 0 Å². The molecule has 162 valence electrons. The molecule has 1 aromatic carbocycles. The number of thioether (sulfide) groups is 1. The zero-order chi connectivity index (χ0) is 21.3. The van der Waals surface area contributed by atoms with Crippen LogP contribution in [0.2, 0.25) is 5.02 Å². The average molecular weight is 467 g/mol. The molecule has 1 saturated heterocycles. The summed E-state index contributed by atoms with van der Waals surface area (Å²) < 4.78 is 0. The number of aromatic nitrogens is 1. The van der Waals surface area contributed by atoms with Crippen molar-refractivity contribution in [2.75, 3.05) is 30.4 Å². The van der Waals surface area contributed by atoms with Gasteiger partial charge in [-0.1, -0.05) is 30.2 Å². The van der Waals surface area contributed by atoms with Crippen molar-refractivity contribution in [3.05, 3.63) is 45.9 Å². The van der Waals surface area contributed by atoms with Crippen LogP contribution in [0.3, 0.4) is 0 Å². The number of benzene rings is 1. The summed E-state index contributed by atoms with van der Waals surface area (Å²) in [7, 11) is 0. The number of nitrogens with zero attached hydrogens (tertiary/aromatic N) is 2. The standard InChI is InChI=1S/C21H27ClN4O2S2/c1-29-12-9-18(24-19(27)16-7-3-4-8-17(16)22)20(28)25-21-23-15(14-30-21)13-26-10-5-2-6-11-26/h3-4,7-8,14,18H,2,5-6,9-13H2,1H3,(H,24,27)(H,23,25,28). The molecule has 0 radical (unpaired) electrons. The quantitative estimate of drug-likeness (QED) is 0.577. The summed E-state index contributed by atoms with van der Waals surface area (Å²) >= 11 is 9.17. The molecule has 0 spiro atoms. The minimum atomic E-state index is -0.657. The van der Waals surface area contributed by atoms with Crippen LogP contribution in [0.4, 0.5) is 5.13 Å². The van der Waals surface area contributed by atoms with E-state index in [4.69, 9.17) is 11.6 Å². The molecular formula is C21H27ClN4O2S2. The first kappa shape index (κ1) is 23.1. The number of nitrogens with one attached hydrogen (secondary N) is 2. The highest BCUT2D eigenvalue weighted by atomic mass is 35.5. The van der Waals surface area contributed by atoms with E-state index in [1.54, 1.807) is 36.0 Å². The number of amides is 2. The second kappa shape index (κ2) is 11.7. The molecule has 1 aromatic heterocycles. The van der Waals surface area contributed by atoms with Gasteiger partial charge in [-0.3, -0.25) is 14.5 Å². The lowest BCUT2D eigenvalue weighted by Gasteiger charge is -2.25. The lowest BCUT2D eigenvalue weighted by Crippen LogP contribution is -2.44. The van der Waals surface area contributed by atoms with Gasteiger partial charge in [-0.15, -0.1) is 11.3 Å². The normalized spacial score (nSPS) is 15.5. The van der Waals surface area contributed by atoms with Crippen LogP contribution in [0.25, 0.3) is 0 Å². The maximum Gasteiger partial charge on any atom is 0.253 e. The van der Waals surface area contributed by atoms with Crippen LogP contribution >= 0.6 is 34.7 Å². The van der Waals surface area contributed by atoms with Crippen molar-refractivity contribution >= 4 is 51.6 Å². The Kier molecular flexibility index (Phi) is 8.99. The SMILES string of the molecule is CSCCC(NC(=O)c1ccccc1Cl)C(=O)Nc1nc(CN2CCCCC2)cs1. The van der Waals surface area contributed by atoms with Gasteiger partial charge in [-0.05, 0) is 56.5 Å². The van der Waals surface area contributed by atoms with E-state index < -0.39 is 6.04 Å². The lowest BCUT2D eigenvalue weighted by molar-refractivity contribution is -0.118. The molecule has 9 heteroatoms. The van der Waals surface area contributed by atoms with Gasteiger partial charge in [0.25, 0.3) is 5.91 Å². The monoisotopic (exact) mass is 466 g/mol. The number of hydrogen-bond acceptors (Lipinski definition) is 6. The van der Waals surface area contributed by atoms with Crippen LogP contribution in [0.5, 0.6) is 0 Å². The number of hydrogen-bond donors (Lipinski definition) is 2. The van der Waals surface area contributed by atoms with Gasteiger partial charge >= 0.3 is 0 Å². The molecular weight excluding hydrogens is 440 g/mol. The summed E-state index contributed by atoms with van der Waals surface area (Å²) in [6.07, 6.45) is 6.26. The predicted molar refractivity (Wildman–Crippen MR) is 126 cm³/mol. The van der Waals surface area contributed by atoms with Crippen molar-refractivity contribution in [2.45, 2.75) is 38.3 Å².